The number of amides is 1. The number of fused-ring (bicyclic) bond motifs is 3. The molecule has 2 aliphatic rings. The molecule has 0 atom stereocenters. The molecule has 1 amide bonds. The molecule has 1 heterocycles. The first-order valence-electron chi connectivity index (χ1n) is 13.8. The van der Waals surface area contributed by atoms with Gasteiger partial charge in [0.05, 0.1) is 18.3 Å². The van der Waals surface area contributed by atoms with Gasteiger partial charge in [-0.05, 0) is 98.1 Å². The van der Waals surface area contributed by atoms with E-state index in [1.165, 1.54) is 22.3 Å². The molecule has 0 saturated carbocycles. The Bertz CT molecular complexity index is 1380. The summed E-state index contributed by atoms with van der Waals surface area (Å²) in [6.45, 7) is 12.6. The second kappa shape index (κ2) is 10.8. The van der Waals surface area contributed by atoms with Crippen molar-refractivity contribution >= 4 is 19.3 Å². The number of methoxy groups -OCH3 is 1. The Morgan fingerprint density at radius 1 is 0.925 bits per heavy atom. The summed E-state index contributed by atoms with van der Waals surface area (Å²) in [5, 5.41) is 2.94. The van der Waals surface area contributed by atoms with E-state index >= 15 is 0 Å². The van der Waals surface area contributed by atoms with Gasteiger partial charge in [-0.2, -0.15) is 0 Å². The lowest BCUT2D eigenvalue weighted by molar-refractivity contribution is 0.00578. The number of ether oxygens (including phenoxy) is 2. The zero-order valence-electron chi connectivity index (χ0n) is 24.5. The van der Waals surface area contributed by atoms with E-state index in [2.05, 4.69) is 41.7 Å². The molecule has 0 unspecified atom stereocenters. The molecule has 6 nitrogen and oxygen atoms in total. The zero-order valence-corrected chi connectivity index (χ0v) is 24.5. The van der Waals surface area contributed by atoms with Gasteiger partial charge in [0, 0.05) is 12.5 Å². The van der Waals surface area contributed by atoms with Crippen LogP contribution in [0.5, 0.6) is 5.75 Å². The second-order valence-electron chi connectivity index (χ2n) is 11.7. The van der Waals surface area contributed by atoms with Gasteiger partial charge >= 0.3 is 13.2 Å². The van der Waals surface area contributed by atoms with Crippen LogP contribution in [-0.4, -0.2) is 44.7 Å². The number of nitrogens with one attached hydrogen (secondary N) is 1. The third kappa shape index (κ3) is 5.28. The molecule has 1 saturated heterocycles. The first kappa shape index (κ1) is 28.0. The highest BCUT2D eigenvalue weighted by atomic mass is 16.7. The Morgan fingerprint density at radius 2 is 1.45 bits per heavy atom. The molecule has 5 rings (SSSR count). The summed E-state index contributed by atoms with van der Waals surface area (Å²) in [7, 11) is 1.07. The predicted molar refractivity (Wildman–Crippen MR) is 160 cm³/mol. The molecule has 40 heavy (non-hydrogen) atoms. The lowest BCUT2D eigenvalue weighted by atomic mass is 9.76. The van der Waals surface area contributed by atoms with Crippen molar-refractivity contribution in [3.05, 3.63) is 94.0 Å². The topological polar surface area (TPSA) is 66.0 Å². The fraction of sp³-hybridized carbons (Fsp3) is 0.364. The predicted octanol–water partition coefficient (Wildman–Crippen LogP) is 6.87. The summed E-state index contributed by atoms with van der Waals surface area (Å²) in [6, 6.07) is 20.7. The Labute approximate surface area is 237 Å². The average Bonchev–Trinajstić information content (AvgIpc) is 3.34. The highest BCUT2D eigenvalue weighted by Gasteiger charge is 2.52. The number of benzene rings is 3. The van der Waals surface area contributed by atoms with Crippen molar-refractivity contribution in [1.82, 2.24) is 5.32 Å². The van der Waals surface area contributed by atoms with E-state index in [1.54, 1.807) is 7.11 Å². The fourth-order valence-corrected chi connectivity index (χ4v) is 5.62. The number of carbonyl (C=O) groups is 1. The Morgan fingerprint density at radius 3 is 1.98 bits per heavy atom. The number of hydrogen-bond acceptors (Lipinski definition) is 5. The van der Waals surface area contributed by atoms with E-state index in [9.17, 15) is 4.79 Å². The standard InChI is InChI=1S/C33H38BNO5/c1-21-16-23(17-22(2)30(21)37-7)18-24(34-39-32(3,4)33(5,6)40-34)19-35-31(36)38-20-29-27-14-10-8-12-25(27)26-13-9-11-15-28(26)29/h8-18,29H,19-20H2,1-7H3,(H,35,36). The first-order valence-corrected chi connectivity index (χ1v) is 13.8. The molecule has 1 aliphatic carbocycles. The molecule has 7 heteroatoms. The molecule has 0 spiro atoms. The van der Waals surface area contributed by atoms with Crippen LogP contribution in [0.2, 0.25) is 0 Å². The van der Waals surface area contributed by atoms with Gasteiger partial charge in [0.15, 0.2) is 0 Å². The van der Waals surface area contributed by atoms with Crippen molar-refractivity contribution in [2.45, 2.75) is 58.7 Å². The van der Waals surface area contributed by atoms with Gasteiger partial charge < -0.3 is 24.1 Å². The Kier molecular flexibility index (Phi) is 7.55. The van der Waals surface area contributed by atoms with E-state index in [0.717, 1.165) is 27.9 Å². The Hall–Kier alpha value is -3.55. The van der Waals surface area contributed by atoms with Crippen LogP contribution in [0.3, 0.4) is 0 Å². The van der Waals surface area contributed by atoms with Crippen LogP contribution in [0.25, 0.3) is 17.2 Å². The van der Waals surface area contributed by atoms with Crippen LogP contribution in [0.1, 0.15) is 61.4 Å². The fourth-order valence-electron chi connectivity index (χ4n) is 5.62. The van der Waals surface area contributed by atoms with Crippen LogP contribution in [0.15, 0.2) is 66.1 Å². The lowest BCUT2D eigenvalue weighted by Gasteiger charge is -2.32. The molecule has 3 aromatic carbocycles. The van der Waals surface area contributed by atoms with Crippen LogP contribution in [-0.2, 0) is 14.0 Å². The third-order valence-corrected chi connectivity index (χ3v) is 8.38. The van der Waals surface area contributed by atoms with E-state index in [4.69, 9.17) is 18.8 Å². The van der Waals surface area contributed by atoms with Crippen LogP contribution in [0.4, 0.5) is 4.79 Å². The highest BCUT2D eigenvalue weighted by Crippen LogP contribution is 2.44. The molecule has 3 aromatic rings. The maximum Gasteiger partial charge on any atom is 0.492 e. The van der Waals surface area contributed by atoms with E-state index in [1.807, 2.05) is 71.9 Å². The van der Waals surface area contributed by atoms with E-state index in [0.29, 0.717) is 0 Å². The van der Waals surface area contributed by atoms with Crippen molar-refractivity contribution in [3.8, 4) is 16.9 Å². The summed E-state index contributed by atoms with van der Waals surface area (Å²) < 4.78 is 24.0. The molecule has 1 fully saturated rings. The van der Waals surface area contributed by atoms with Crippen LogP contribution < -0.4 is 10.1 Å². The number of alkyl carbamates (subject to hydrolysis) is 1. The van der Waals surface area contributed by atoms with Gasteiger partial charge in [-0.1, -0.05) is 54.6 Å². The summed E-state index contributed by atoms with van der Waals surface area (Å²) >= 11 is 0. The minimum Gasteiger partial charge on any atom is -0.496 e. The molecule has 208 valence electrons. The second-order valence-corrected chi connectivity index (χ2v) is 11.7. The monoisotopic (exact) mass is 539 g/mol. The number of carbonyl (C=O) groups excluding carboxylic acids is 1. The summed E-state index contributed by atoms with van der Waals surface area (Å²) in [4.78, 5) is 13.0. The summed E-state index contributed by atoms with van der Waals surface area (Å²) in [6.07, 6.45) is 1.54. The largest absolute Gasteiger partial charge is 0.496 e. The van der Waals surface area contributed by atoms with Crippen LogP contribution in [0, 0.1) is 13.8 Å². The number of hydrogen-bond donors (Lipinski definition) is 1. The SMILES string of the molecule is COc1c(C)cc(C=C(CNC(=O)OCC2c3ccccc3-c3ccccc32)B2OC(C)(C)C(C)(C)O2)cc1C. The van der Waals surface area contributed by atoms with E-state index < -0.39 is 24.4 Å². The molecule has 1 N–H and O–H groups in total. The summed E-state index contributed by atoms with van der Waals surface area (Å²) in [5.41, 5.74) is 7.59. The number of rotatable bonds is 7. The van der Waals surface area contributed by atoms with Crippen LogP contribution >= 0.6 is 0 Å². The van der Waals surface area contributed by atoms with Gasteiger partial charge in [-0.15, -0.1) is 0 Å². The first-order chi connectivity index (χ1) is 19.0. The zero-order chi connectivity index (χ0) is 28.7. The Balaban J connectivity index is 1.33. The van der Waals surface area contributed by atoms with Crippen molar-refractivity contribution in [1.29, 1.82) is 0 Å². The highest BCUT2D eigenvalue weighted by molar-refractivity contribution is 6.56. The quantitative estimate of drug-likeness (QED) is 0.332. The minimum atomic E-state index is -0.610. The summed E-state index contributed by atoms with van der Waals surface area (Å²) in [5.74, 6) is 0.868. The van der Waals surface area contributed by atoms with Gasteiger partial charge in [0.2, 0.25) is 0 Å². The van der Waals surface area contributed by atoms with Gasteiger partial charge in [-0.25, -0.2) is 4.79 Å². The molecule has 0 radical (unpaired) electrons. The molecular weight excluding hydrogens is 501 g/mol. The van der Waals surface area contributed by atoms with Gasteiger partial charge in [-0.3, -0.25) is 0 Å². The molecule has 0 aromatic heterocycles. The van der Waals surface area contributed by atoms with Crippen molar-refractivity contribution < 1.29 is 23.6 Å². The number of aryl methyl sites for hydroxylation is 2. The third-order valence-electron chi connectivity index (χ3n) is 8.38. The average molecular weight is 539 g/mol. The molecule has 1 aliphatic heterocycles. The van der Waals surface area contributed by atoms with Crippen molar-refractivity contribution in [2.75, 3.05) is 20.3 Å². The van der Waals surface area contributed by atoms with Crippen molar-refractivity contribution in [2.24, 2.45) is 0 Å². The van der Waals surface area contributed by atoms with Gasteiger partial charge in [0.1, 0.15) is 12.4 Å². The normalized spacial score (nSPS) is 17.4. The maximum absolute atomic E-state index is 13.0. The van der Waals surface area contributed by atoms with Gasteiger partial charge in [0.25, 0.3) is 0 Å². The lowest BCUT2D eigenvalue weighted by Crippen LogP contribution is -2.41. The molecule has 0 bridgehead atoms. The maximum atomic E-state index is 13.0. The smallest absolute Gasteiger partial charge is 0.492 e. The minimum absolute atomic E-state index is 0.00140. The van der Waals surface area contributed by atoms with E-state index in [-0.39, 0.29) is 19.1 Å². The van der Waals surface area contributed by atoms with Crippen molar-refractivity contribution in [3.63, 3.8) is 0 Å². The molecular formula is C33H38BNO5.